The van der Waals surface area contributed by atoms with E-state index in [0.29, 0.717) is 5.75 Å². The Balaban J connectivity index is 2.13. The van der Waals surface area contributed by atoms with Crippen LogP contribution in [0.15, 0.2) is 57.4 Å². The van der Waals surface area contributed by atoms with E-state index in [2.05, 4.69) is 15.9 Å². The SMILES string of the molecule is CC(=O)Oc1ccc2oc(-c3ccccc3)c(Br)c2c1. The highest BCUT2D eigenvalue weighted by Gasteiger charge is 2.14. The van der Waals surface area contributed by atoms with E-state index >= 15 is 0 Å². The van der Waals surface area contributed by atoms with Crippen molar-refractivity contribution in [2.45, 2.75) is 6.92 Å². The number of hydrogen-bond acceptors (Lipinski definition) is 3. The molecule has 0 radical (unpaired) electrons. The molecule has 100 valence electrons. The van der Waals surface area contributed by atoms with E-state index in [1.165, 1.54) is 6.92 Å². The zero-order chi connectivity index (χ0) is 14.1. The van der Waals surface area contributed by atoms with E-state index in [4.69, 9.17) is 9.15 Å². The number of carbonyl (C=O) groups is 1. The van der Waals surface area contributed by atoms with Gasteiger partial charge in [-0.2, -0.15) is 0 Å². The molecule has 0 saturated heterocycles. The molecule has 0 aliphatic carbocycles. The van der Waals surface area contributed by atoms with Gasteiger partial charge in [-0.15, -0.1) is 0 Å². The average Bonchev–Trinajstić information content (AvgIpc) is 2.76. The third kappa shape index (κ3) is 2.34. The van der Waals surface area contributed by atoms with Gasteiger partial charge in [0.2, 0.25) is 0 Å². The average molecular weight is 331 g/mol. The Labute approximate surface area is 124 Å². The molecule has 0 aliphatic rings. The van der Waals surface area contributed by atoms with Crippen LogP contribution in [0.4, 0.5) is 0 Å². The first kappa shape index (κ1) is 12.9. The summed E-state index contributed by atoms with van der Waals surface area (Å²) in [5.74, 6) is 0.930. The first-order valence-electron chi connectivity index (χ1n) is 6.11. The molecule has 20 heavy (non-hydrogen) atoms. The first-order chi connectivity index (χ1) is 9.65. The number of hydrogen-bond donors (Lipinski definition) is 0. The Morgan fingerprint density at radius 3 is 2.60 bits per heavy atom. The van der Waals surface area contributed by atoms with E-state index in [9.17, 15) is 4.79 Å². The molecule has 0 spiro atoms. The van der Waals surface area contributed by atoms with Crippen molar-refractivity contribution >= 4 is 32.9 Å². The molecule has 0 N–H and O–H groups in total. The maximum absolute atomic E-state index is 11.0. The van der Waals surface area contributed by atoms with Crippen molar-refractivity contribution in [3.8, 4) is 17.1 Å². The van der Waals surface area contributed by atoms with Crippen LogP contribution >= 0.6 is 15.9 Å². The van der Waals surface area contributed by atoms with Crippen LogP contribution in [0.25, 0.3) is 22.3 Å². The van der Waals surface area contributed by atoms with Gasteiger partial charge in [0, 0.05) is 17.9 Å². The number of fused-ring (bicyclic) bond motifs is 1. The second-order valence-corrected chi connectivity index (χ2v) is 5.16. The summed E-state index contributed by atoms with van der Waals surface area (Å²) >= 11 is 3.55. The largest absolute Gasteiger partial charge is 0.455 e. The van der Waals surface area contributed by atoms with Crippen LogP contribution in [0.2, 0.25) is 0 Å². The summed E-state index contributed by atoms with van der Waals surface area (Å²) in [6.07, 6.45) is 0. The molecule has 0 bridgehead atoms. The van der Waals surface area contributed by atoms with Crippen LogP contribution in [0.3, 0.4) is 0 Å². The van der Waals surface area contributed by atoms with Crippen molar-refractivity contribution < 1.29 is 13.9 Å². The van der Waals surface area contributed by atoms with Gasteiger partial charge in [-0.25, -0.2) is 0 Å². The smallest absolute Gasteiger partial charge is 0.308 e. The monoisotopic (exact) mass is 330 g/mol. The lowest BCUT2D eigenvalue weighted by Gasteiger charge is -1.99. The van der Waals surface area contributed by atoms with Crippen LogP contribution in [-0.2, 0) is 4.79 Å². The molecule has 2 aromatic carbocycles. The zero-order valence-electron chi connectivity index (χ0n) is 10.7. The highest BCUT2D eigenvalue weighted by Crippen LogP contribution is 2.38. The lowest BCUT2D eigenvalue weighted by Crippen LogP contribution is -2.00. The maximum atomic E-state index is 11.0. The van der Waals surface area contributed by atoms with Gasteiger partial charge in [-0.1, -0.05) is 30.3 Å². The normalized spacial score (nSPS) is 10.7. The number of benzene rings is 2. The Bertz CT molecular complexity index is 775. The minimum absolute atomic E-state index is 0.341. The highest BCUT2D eigenvalue weighted by molar-refractivity contribution is 9.10. The molecule has 0 saturated carbocycles. The Morgan fingerprint density at radius 2 is 1.90 bits per heavy atom. The van der Waals surface area contributed by atoms with Crippen molar-refractivity contribution in [3.63, 3.8) is 0 Å². The molecule has 4 heteroatoms. The van der Waals surface area contributed by atoms with Gasteiger partial charge in [-0.3, -0.25) is 4.79 Å². The van der Waals surface area contributed by atoms with Gasteiger partial charge in [0.1, 0.15) is 17.1 Å². The molecular weight excluding hydrogens is 320 g/mol. The molecule has 0 unspecified atom stereocenters. The molecule has 3 aromatic rings. The van der Waals surface area contributed by atoms with E-state index in [1.807, 2.05) is 30.3 Å². The molecule has 0 amide bonds. The molecule has 1 aromatic heterocycles. The fraction of sp³-hybridized carbons (Fsp3) is 0.0625. The highest BCUT2D eigenvalue weighted by atomic mass is 79.9. The van der Waals surface area contributed by atoms with Crippen molar-refractivity contribution in [1.29, 1.82) is 0 Å². The summed E-state index contributed by atoms with van der Waals surface area (Å²) in [6, 6.07) is 15.1. The molecule has 0 atom stereocenters. The minimum atomic E-state index is -0.341. The lowest BCUT2D eigenvalue weighted by atomic mass is 10.1. The Morgan fingerprint density at radius 1 is 1.15 bits per heavy atom. The standard InChI is InChI=1S/C16H11BrO3/c1-10(18)19-12-7-8-14-13(9-12)15(17)16(20-14)11-5-3-2-4-6-11/h2-9H,1H3. The summed E-state index contributed by atoms with van der Waals surface area (Å²) in [4.78, 5) is 11.0. The lowest BCUT2D eigenvalue weighted by molar-refractivity contribution is -0.131. The summed E-state index contributed by atoms with van der Waals surface area (Å²) in [5, 5.41) is 0.877. The number of rotatable bonds is 2. The Hall–Kier alpha value is -2.07. The minimum Gasteiger partial charge on any atom is -0.455 e. The molecule has 0 aliphatic heterocycles. The zero-order valence-corrected chi connectivity index (χ0v) is 12.3. The predicted molar refractivity (Wildman–Crippen MR) is 80.7 cm³/mol. The summed E-state index contributed by atoms with van der Waals surface area (Å²) < 4.78 is 11.8. The summed E-state index contributed by atoms with van der Waals surface area (Å²) in [6.45, 7) is 1.38. The number of ether oxygens (including phenoxy) is 1. The third-order valence-corrected chi connectivity index (χ3v) is 3.68. The van der Waals surface area contributed by atoms with Gasteiger partial charge < -0.3 is 9.15 Å². The summed E-state index contributed by atoms with van der Waals surface area (Å²) in [5.41, 5.74) is 1.73. The van der Waals surface area contributed by atoms with Gasteiger partial charge in [0.15, 0.2) is 0 Å². The van der Waals surface area contributed by atoms with Crippen LogP contribution in [0.5, 0.6) is 5.75 Å². The molecule has 1 heterocycles. The number of furan rings is 1. The molecular formula is C16H11BrO3. The topological polar surface area (TPSA) is 39.4 Å². The van der Waals surface area contributed by atoms with Gasteiger partial charge in [0.05, 0.1) is 4.47 Å². The van der Waals surface area contributed by atoms with Crippen molar-refractivity contribution in [1.82, 2.24) is 0 Å². The van der Waals surface area contributed by atoms with E-state index in [-0.39, 0.29) is 5.97 Å². The molecule has 3 nitrogen and oxygen atoms in total. The van der Waals surface area contributed by atoms with Crippen LogP contribution < -0.4 is 4.74 Å². The maximum Gasteiger partial charge on any atom is 0.308 e. The second kappa shape index (κ2) is 5.13. The van der Waals surface area contributed by atoms with Gasteiger partial charge >= 0.3 is 5.97 Å². The van der Waals surface area contributed by atoms with E-state index in [0.717, 1.165) is 26.8 Å². The Kier molecular flexibility index (Phi) is 3.32. The number of halogens is 1. The molecule has 0 fully saturated rings. The second-order valence-electron chi connectivity index (χ2n) is 4.36. The molecule has 3 rings (SSSR count). The third-order valence-electron chi connectivity index (χ3n) is 2.90. The number of carbonyl (C=O) groups excluding carboxylic acids is 1. The van der Waals surface area contributed by atoms with Crippen LogP contribution in [0.1, 0.15) is 6.92 Å². The van der Waals surface area contributed by atoms with Crippen molar-refractivity contribution in [3.05, 3.63) is 53.0 Å². The fourth-order valence-corrected chi connectivity index (χ4v) is 2.67. The summed E-state index contributed by atoms with van der Waals surface area (Å²) in [7, 11) is 0. The van der Waals surface area contributed by atoms with E-state index < -0.39 is 0 Å². The van der Waals surface area contributed by atoms with Gasteiger partial charge in [0.25, 0.3) is 0 Å². The predicted octanol–water partition coefficient (Wildman–Crippen LogP) is 4.79. The first-order valence-corrected chi connectivity index (χ1v) is 6.90. The van der Waals surface area contributed by atoms with E-state index in [1.54, 1.807) is 18.2 Å². The van der Waals surface area contributed by atoms with Crippen molar-refractivity contribution in [2.24, 2.45) is 0 Å². The fourth-order valence-electron chi connectivity index (χ4n) is 2.05. The van der Waals surface area contributed by atoms with Crippen molar-refractivity contribution in [2.75, 3.05) is 0 Å². The number of esters is 1. The van der Waals surface area contributed by atoms with Gasteiger partial charge in [-0.05, 0) is 34.1 Å². The quantitative estimate of drug-likeness (QED) is 0.501. The van der Waals surface area contributed by atoms with Crippen LogP contribution in [-0.4, -0.2) is 5.97 Å². The van der Waals surface area contributed by atoms with Crippen LogP contribution in [0, 0.1) is 0 Å².